The zero-order valence-corrected chi connectivity index (χ0v) is 17.8. The van der Waals surface area contributed by atoms with Crippen molar-refractivity contribution < 1.29 is 19.2 Å². The van der Waals surface area contributed by atoms with Gasteiger partial charge in [0.2, 0.25) is 0 Å². The molecule has 1 amide bonds. The standard InChI is InChI=1S/C25H28N2O3/c1-27(2)17-20-11-9-19(10-12-20)16-26-25(28)22-13-14-23(24(15-22)29-3)30-18-21-7-5-4-6-8-21/h4-15H,16-18H2,1-3H3,(H,26,28)/p+1. The molecule has 0 aromatic heterocycles. The second kappa shape index (κ2) is 10.5. The second-order valence-electron chi connectivity index (χ2n) is 7.52. The molecule has 5 heteroatoms. The molecule has 3 rings (SSSR count). The Hall–Kier alpha value is -3.31. The van der Waals surface area contributed by atoms with E-state index in [2.05, 4.69) is 43.7 Å². The number of amides is 1. The van der Waals surface area contributed by atoms with Crippen LogP contribution in [0.15, 0.2) is 72.8 Å². The molecule has 3 aromatic carbocycles. The van der Waals surface area contributed by atoms with E-state index in [0.717, 1.165) is 17.7 Å². The van der Waals surface area contributed by atoms with E-state index in [1.807, 2.05) is 30.3 Å². The number of benzene rings is 3. The number of carbonyl (C=O) groups is 1. The van der Waals surface area contributed by atoms with Crippen molar-refractivity contribution in [1.29, 1.82) is 0 Å². The van der Waals surface area contributed by atoms with Crippen LogP contribution in [0, 0.1) is 0 Å². The third kappa shape index (κ3) is 6.09. The predicted molar refractivity (Wildman–Crippen MR) is 118 cm³/mol. The van der Waals surface area contributed by atoms with E-state index in [9.17, 15) is 4.79 Å². The maximum Gasteiger partial charge on any atom is 0.251 e. The summed E-state index contributed by atoms with van der Waals surface area (Å²) in [4.78, 5) is 14.0. The maximum absolute atomic E-state index is 12.6. The molecule has 0 spiro atoms. The number of nitrogens with one attached hydrogen (secondary N) is 2. The molecule has 3 aromatic rings. The molecule has 2 N–H and O–H groups in total. The van der Waals surface area contributed by atoms with E-state index < -0.39 is 0 Å². The van der Waals surface area contributed by atoms with Gasteiger partial charge in [-0.05, 0) is 29.3 Å². The number of hydrogen-bond donors (Lipinski definition) is 2. The fourth-order valence-corrected chi connectivity index (χ4v) is 3.13. The lowest BCUT2D eigenvalue weighted by atomic mass is 10.1. The van der Waals surface area contributed by atoms with Crippen molar-refractivity contribution in [3.8, 4) is 11.5 Å². The van der Waals surface area contributed by atoms with E-state index in [4.69, 9.17) is 9.47 Å². The zero-order valence-electron chi connectivity index (χ0n) is 17.8. The molecule has 0 bridgehead atoms. The fraction of sp³-hybridized carbons (Fsp3) is 0.240. The van der Waals surface area contributed by atoms with Crippen molar-refractivity contribution in [2.24, 2.45) is 0 Å². The van der Waals surface area contributed by atoms with Gasteiger partial charge in [-0.3, -0.25) is 4.79 Å². The minimum Gasteiger partial charge on any atom is -0.493 e. The van der Waals surface area contributed by atoms with Gasteiger partial charge in [0.15, 0.2) is 11.5 Å². The Morgan fingerprint density at radius 3 is 2.23 bits per heavy atom. The summed E-state index contributed by atoms with van der Waals surface area (Å²) >= 11 is 0. The Bertz CT molecular complexity index is 954. The molecule has 0 radical (unpaired) electrons. The highest BCUT2D eigenvalue weighted by molar-refractivity contribution is 5.94. The van der Waals surface area contributed by atoms with Crippen molar-refractivity contribution >= 4 is 5.91 Å². The molecule has 0 unspecified atom stereocenters. The van der Waals surface area contributed by atoms with Crippen LogP contribution in [0.25, 0.3) is 0 Å². The van der Waals surface area contributed by atoms with E-state index in [0.29, 0.717) is 30.2 Å². The maximum atomic E-state index is 12.6. The number of rotatable bonds is 9. The normalized spacial score (nSPS) is 10.7. The third-order valence-electron chi connectivity index (χ3n) is 4.70. The Labute approximate surface area is 178 Å². The molecule has 0 saturated heterocycles. The molecule has 0 aliphatic rings. The van der Waals surface area contributed by atoms with Crippen molar-refractivity contribution in [3.05, 3.63) is 95.1 Å². The second-order valence-corrected chi connectivity index (χ2v) is 7.52. The van der Waals surface area contributed by atoms with Gasteiger partial charge >= 0.3 is 0 Å². The average Bonchev–Trinajstić information content (AvgIpc) is 2.77. The van der Waals surface area contributed by atoms with Gasteiger partial charge in [0.05, 0.1) is 21.2 Å². The number of quaternary nitrogens is 1. The van der Waals surface area contributed by atoms with Crippen molar-refractivity contribution in [2.75, 3.05) is 21.2 Å². The minimum absolute atomic E-state index is 0.148. The van der Waals surface area contributed by atoms with Gasteiger partial charge in [0.25, 0.3) is 5.91 Å². The topological polar surface area (TPSA) is 52.0 Å². The summed E-state index contributed by atoms with van der Waals surface area (Å²) in [5.41, 5.74) is 3.95. The van der Waals surface area contributed by atoms with Gasteiger partial charge in [-0.25, -0.2) is 0 Å². The van der Waals surface area contributed by atoms with E-state index in [1.54, 1.807) is 25.3 Å². The van der Waals surface area contributed by atoms with Gasteiger partial charge < -0.3 is 19.7 Å². The predicted octanol–water partition coefficient (Wildman–Crippen LogP) is 2.85. The first-order valence-corrected chi connectivity index (χ1v) is 10.0. The smallest absolute Gasteiger partial charge is 0.251 e. The van der Waals surface area contributed by atoms with Gasteiger partial charge in [0.1, 0.15) is 13.2 Å². The first-order valence-electron chi connectivity index (χ1n) is 10.0. The lowest BCUT2D eigenvalue weighted by Gasteiger charge is -2.13. The summed E-state index contributed by atoms with van der Waals surface area (Å²) in [5.74, 6) is 0.996. The Balaban J connectivity index is 1.59. The Morgan fingerprint density at radius 2 is 1.57 bits per heavy atom. The van der Waals surface area contributed by atoms with Crippen LogP contribution in [-0.2, 0) is 19.7 Å². The summed E-state index contributed by atoms with van der Waals surface area (Å²) < 4.78 is 11.3. The van der Waals surface area contributed by atoms with Crippen LogP contribution in [0.2, 0.25) is 0 Å². The Morgan fingerprint density at radius 1 is 0.867 bits per heavy atom. The largest absolute Gasteiger partial charge is 0.493 e. The van der Waals surface area contributed by atoms with Crippen LogP contribution in [0.5, 0.6) is 11.5 Å². The van der Waals surface area contributed by atoms with Gasteiger partial charge in [-0.2, -0.15) is 0 Å². The van der Waals surface area contributed by atoms with Gasteiger partial charge in [0, 0.05) is 17.7 Å². The summed E-state index contributed by atoms with van der Waals surface area (Å²) in [6, 6.07) is 23.5. The SMILES string of the molecule is COc1cc(C(=O)NCc2ccc(C[NH+](C)C)cc2)ccc1OCc1ccccc1. The molecule has 156 valence electrons. The summed E-state index contributed by atoms with van der Waals surface area (Å²) in [6.07, 6.45) is 0. The molecule has 0 fully saturated rings. The van der Waals surface area contributed by atoms with Crippen molar-refractivity contribution in [1.82, 2.24) is 5.32 Å². The van der Waals surface area contributed by atoms with Gasteiger partial charge in [-0.15, -0.1) is 0 Å². The highest BCUT2D eigenvalue weighted by atomic mass is 16.5. The number of ether oxygens (including phenoxy) is 2. The first-order chi connectivity index (χ1) is 14.5. The zero-order chi connectivity index (χ0) is 21.3. The van der Waals surface area contributed by atoms with E-state index in [1.165, 1.54) is 10.5 Å². The van der Waals surface area contributed by atoms with Crippen LogP contribution in [0.1, 0.15) is 27.0 Å². The monoisotopic (exact) mass is 405 g/mol. The lowest BCUT2D eigenvalue weighted by molar-refractivity contribution is -0.872. The van der Waals surface area contributed by atoms with Crippen LogP contribution in [-0.4, -0.2) is 27.1 Å². The molecule has 0 aliphatic carbocycles. The van der Waals surface area contributed by atoms with Crippen molar-refractivity contribution in [2.45, 2.75) is 19.7 Å². The first kappa shape index (κ1) is 21.4. The molecule has 0 aliphatic heterocycles. The quantitative estimate of drug-likeness (QED) is 0.576. The molecule has 30 heavy (non-hydrogen) atoms. The summed E-state index contributed by atoms with van der Waals surface area (Å²) in [5, 5.41) is 2.96. The number of carbonyl (C=O) groups excluding carboxylic acids is 1. The molecule has 0 heterocycles. The minimum atomic E-state index is -0.148. The average molecular weight is 406 g/mol. The molecule has 0 atom stereocenters. The van der Waals surface area contributed by atoms with Crippen LogP contribution >= 0.6 is 0 Å². The van der Waals surface area contributed by atoms with Crippen LogP contribution < -0.4 is 19.7 Å². The Kier molecular flexibility index (Phi) is 7.46. The summed E-state index contributed by atoms with van der Waals surface area (Å²) in [7, 11) is 5.82. The number of methoxy groups -OCH3 is 1. The van der Waals surface area contributed by atoms with Crippen LogP contribution in [0.3, 0.4) is 0 Å². The fourth-order valence-electron chi connectivity index (χ4n) is 3.13. The molecular formula is C25H29N2O3+. The highest BCUT2D eigenvalue weighted by Gasteiger charge is 2.11. The highest BCUT2D eigenvalue weighted by Crippen LogP contribution is 2.29. The molecule has 0 saturated carbocycles. The van der Waals surface area contributed by atoms with Gasteiger partial charge in [-0.1, -0.05) is 54.6 Å². The lowest BCUT2D eigenvalue weighted by Crippen LogP contribution is -3.04. The van der Waals surface area contributed by atoms with E-state index >= 15 is 0 Å². The molecular weight excluding hydrogens is 376 g/mol. The third-order valence-corrected chi connectivity index (χ3v) is 4.70. The number of hydrogen-bond acceptors (Lipinski definition) is 3. The van der Waals surface area contributed by atoms with Crippen molar-refractivity contribution in [3.63, 3.8) is 0 Å². The molecule has 5 nitrogen and oxygen atoms in total. The summed E-state index contributed by atoms with van der Waals surface area (Å²) in [6.45, 7) is 1.89. The van der Waals surface area contributed by atoms with Crippen LogP contribution in [0.4, 0.5) is 0 Å². The van der Waals surface area contributed by atoms with E-state index in [-0.39, 0.29) is 5.91 Å².